The molecule has 3 aromatic rings. The SMILES string of the molecule is Cc1ccc(S(=O)(=O)N(CC(=O)N[C@H](C)c2ccc(F)cc2)Cc2ccc(Br)cc2)cc1. The summed E-state index contributed by atoms with van der Waals surface area (Å²) in [6.45, 7) is 3.33. The minimum Gasteiger partial charge on any atom is -0.348 e. The Hall–Kier alpha value is -2.55. The molecule has 5 nitrogen and oxygen atoms in total. The first-order valence-corrected chi connectivity index (χ1v) is 12.2. The van der Waals surface area contributed by atoms with Crippen molar-refractivity contribution in [2.75, 3.05) is 6.54 Å². The molecule has 0 aliphatic carbocycles. The fraction of sp³-hybridized carbons (Fsp3) is 0.208. The van der Waals surface area contributed by atoms with Crippen LogP contribution in [0.5, 0.6) is 0 Å². The number of carbonyl (C=O) groups is 1. The maximum atomic E-state index is 13.3. The van der Waals surface area contributed by atoms with E-state index in [0.717, 1.165) is 25.5 Å². The number of hydrogen-bond acceptors (Lipinski definition) is 3. The van der Waals surface area contributed by atoms with E-state index in [9.17, 15) is 17.6 Å². The second-order valence-corrected chi connectivity index (χ2v) is 10.4. The summed E-state index contributed by atoms with van der Waals surface area (Å²) in [6, 6.07) is 19.2. The molecule has 0 radical (unpaired) electrons. The lowest BCUT2D eigenvalue weighted by Gasteiger charge is -2.23. The number of amides is 1. The second kappa shape index (κ2) is 10.4. The second-order valence-electron chi connectivity index (χ2n) is 7.55. The van der Waals surface area contributed by atoms with Crippen molar-refractivity contribution >= 4 is 31.9 Å². The highest BCUT2D eigenvalue weighted by molar-refractivity contribution is 9.10. The van der Waals surface area contributed by atoms with Crippen molar-refractivity contribution in [2.45, 2.75) is 31.3 Å². The molecule has 0 aromatic heterocycles. The highest BCUT2D eigenvalue weighted by Crippen LogP contribution is 2.21. The van der Waals surface area contributed by atoms with E-state index in [1.165, 1.54) is 24.3 Å². The van der Waals surface area contributed by atoms with Crippen LogP contribution in [0.25, 0.3) is 0 Å². The first-order chi connectivity index (χ1) is 15.1. The first-order valence-electron chi connectivity index (χ1n) is 10.0. The molecule has 0 saturated heterocycles. The summed E-state index contributed by atoms with van der Waals surface area (Å²) in [5.74, 6) is -0.813. The molecule has 0 saturated carbocycles. The predicted molar refractivity (Wildman–Crippen MR) is 126 cm³/mol. The van der Waals surface area contributed by atoms with Gasteiger partial charge in [0.2, 0.25) is 15.9 Å². The molecular formula is C24H24BrFN2O3S. The lowest BCUT2D eigenvalue weighted by molar-refractivity contribution is -0.122. The largest absolute Gasteiger partial charge is 0.348 e. The average molecular weight is 519 g/mol. The maximum absolute atomic E-state index is 13.3. The van der Waals surface area contributed by atoms with Gasteiger partial charge in [0.25, 0.3) is 0 Å². The molecule has 0 aliphatic rings. The lowest BCUT2D eigenvalue weighted by atomic mass is 10.1. The zero-order valence-electron chi connectivity index (χ0n) is 17.8. The Labute approximate surface area is 196 Å². The van der Waals surface area contributed by atoms with Gasteiger partial charge in [-0.25, -0.2) is 12.8 Å². The van der Waals surface area contributed by atoms with Gasteiger partial charge >= 0.3 is 0 Å². The minimum absolute atomic E-state index is 0.0435. The predicted octanol–water partition coefficient (Wildman–Crippen LogP) is 4.96. The van der Waals surface area contributed by atoms with Crippen LogP contribution in [0, 0.1) is 12.7 Å². The number of nitrogens with one attached hydrogen (secondary N) is 1. The van der Waals surface area contributed by atoms with Gasteiger partial charge in [0.1, 0.15) is 5.82 Å². The molecule has 0 heterocycles. The monoisotopic (exact) mass is 518 g/mol. The topological polar surface area (TPSA) is 66.5 Å². The Balaban J connectivity index is 1.82. The van der Waals surface area contributed by atoms with E-state index < -0.39 is 22.0 Å². The lowest BCUT2D eigenvalue weighted by Crippen LogP contribution is -2.41. The number of halogens is 2. The molecule has 0 fully saturated rings. The van der Waals surface area contributed by atoms with Crippen molar-refractivity contribution in [3.63, 3.8) is 0 Å². The molecule has 3 rings (SSSR count). The Bertz CT molecular complexity index is 1170. The molecule has 8 heteroatoms. The van der Waals surface area contributed by atoms with Gasteiger partial charge < -0.3 is 5.32 Å². The van der Waals surface area contributed by atoms with E-state index in [1.54, 1.807) is 43.3 Å². The summed E-state index contributed by atoms with van der Waals surface area (Å²) in [5.41, 5.74) is 2.41. The van der Waals surface area contributed by atoms with Gasteiger partial charge in [-0.1, -0.05) is 57.9 Å². The van der Waals surface area contributed by atoms with E-state index in [-0.39, 0.29) is 23.8 Å². The van der Waals surface area contributed by atoms with Crippen molar-refractivity contribution in [1.29, 1.82) is 0 Å². The zero-order chi connectivity index (χ0) is 23.3. The van der Waals surface area contributed by atoms with Crippen LogP contribution in [0.2, 0.25) is 0 Å². The number of benzene rings is 3. The molecule has 1 N–H and O–H groups in total. The highest BCUT2D eigenvalue weighted by atomic mass is 79.9. The van der Waals surface area contributed by atoms with Gasteiger partial charge in [-0.05, 0) is 61.4 Å². The summed E-state index contributed by atoms with van der Waals surface area (Å²) in [7, 11) is -3.92. The number of nitrogens with zero attached hydrogens (tertiary/aromatic N) is 1. The van der Waals surface area contributed by atoms with Crippen LogP contribution in [-0.2, 0) is 21.4 Å². The van der Waals surface area contributed by atoms with Crippen LogP contribution in [0.1, 0.15) is 29.7 Å². The highest BCUT2D eigenvalue weighted by Gasteiger charge is 2.27. The number of aryl methyl sites for hydroxylation is 1. The smallest absolute Gasteiger partial charge is 0.243 e. The van der Waals surface area contributed by atoms with E-state index >= 15 is 0 Å². The van der Waals surface area contributed by atoms with Crippen LogP contribution >= 0.6 is 15.9 Å². The molecule has 168 valence electrons. The molecule has 1 amide bonds. The molecule has 3 aromatic carbocycles. The van der Waals surface area contributed by atoms with Crippen LogP contribution in [-0.4, -0.2) is 25.2 Å². The fourth-order valence-corrected chi connectivity index (χ4v) is 4.81. The van der Waals surface area contributed by atoms with Crippen LogP contribution < -0.4 is 5.32 Å². The van der Waals surface area contributed by atoms with Crippen LogP contribution in [0.15, 0.2) is 82.2 Å². The minimum atomic E-state index is -3.92. The average Bonchev–Trinajstić information content (AvgIpc) is 2.75. The summed E-state index contributed by atoms with van der Waals surface area (Å²) in [5, 5.41) is 2.80. The normalized spacial score (nSPS) is 12.5. The fourth-order valence-electron chi connectivity index (χ4n) is 3.16. The Morgan fingerprint density at radius 2 is 1.59 bits per heavy atom. The summed E-state index contributed by atoms with van der Waals surface area (Å²) >= 11 is 3.37. The molecule has 0 unspecified atom stereocenters. The quantitative estimate of drug-likeness (QED) is 0.458. The van der Waals surface area contributed by atoms with Crippen molar-refractivity contribution in [2.24, 2.45) is 0 Å². The van der Waals surface area contributed by atoms with E-state index in [4.69, 9.17) is 0 Å². The number of carbonyl (C=O) groups excluding carboxylic acids is 1. The van der Waals surface area contributed by atoms with Gasteiger partial charge in [0, 0.05) is 11.0 Å². The van der Waals surface area contributed by atoms with Crippen LogP contribution in [0.3, 0.4) is 0 Å². The molecule has 1 atom stereocenters. The third kappa shape index (κ3) is 6.25. The van der Waals surface area contributed by atoms with Gasteiger partial charge in [-0.15, -0.1) is 0 Å². The first kappa shape index (κ1) is 24.1. The molecule has 0 spiro atoms. The molecule has 32 heavy (non-hydrogen) atoms. The molecule has 0 bridgehead atoms. The summed E-state index contributed by atoms with van der Waals surface area (Å²) < 4.78 is 41.9. The van der Waals surface area contributed by atoms with Crippen molar-refractivity contribution < 1.29 is 17.6 Å². The van der Waals surface area contributed by atoms with E-state index in [2.05, 4.69) is 21.2 Å². The third-order valence-electron chi connectivity index (χ3n) is 5.00. The molecular weight excluding hydrogens is 495 g/mol. The van der Waals surface area contributed by atoms with Crippen molar-refractivity contribution in [3.8, 4) is 0 Å². The van der Waals surface area contributed by atoms with Crippen molar-refractivity contribution in [3.05, 3.63) is 99.8 Å². The van der Waals surface area contributed by atoms with E-state index in [0.29, 0.717) is 0 Å². The van der Waals surface area contributed by atoms with Gasteiger partial charge in [0.15, 0.2) is 0 Å². The Kier molecular flexibility index (Phi) is 7.82. The number of hydrogen-bond donors (Lipinski definition) is 1. The van der Waals surface area contributed by atoms with Gasteiger partial charge in [0.05, 0.1) is 17.5 Å². The Morgan fingerprint density at radius 1 is 1.00 bits per heavy atom. The van der Waals surface area contributed by atoms with Crippen molar-refractivity contribution in [1.82, 2.24) is 9.62 Å². The van der Waals surface area contributed by atoms with E-state index in [1.807, 2.05) is 19.1 Å². The Morgan fingerprint density at radius 3 is 2.19 bits per heavy atom. The van der Waals surface area contributed by atoms with Gasteiger partial charge in [-0.2, -0.15) is 4.31 Å². The number of rotatable bonds is 8. The summed E-state index contributed by atoms with van der Waals surface area (Å²) in [4.78, 5) is 12.9. The van der Waals surface area contributed by atoms with Crippen LogP contribution in [0.4, 0.5) is 4.39 Å². The molecule has 0 aliphatic heterocycles. The van der Waals surface area contributed by atoms with Gasteiger partial charge in [-0.3, -0.25) is 4.79 Å². The third-order valence-corrected chi connectivity index (χ3v) is 7.33. The summed E-state index contributed by atoms with van der Waals surface area (Å²) in [6.07, 6.45) is 0. The maximum Gasteiger partial charge on any atom is 0.243 e. The standard InChI is InChI=1S/C24H24BrFN2O3S/c1-17-3-13-23(14-4-17)32(30,31)28(15-19-5-9-21(25)10-6-19)16-24(29)27-18(2)20-7-11-22(26)12-8-20/h3-14,18H,15-16H2,1-2H3,(H,27,29)/t18-/m1/s1. The zero-order valence-corrected chi connectivity index (χ0v) is 20.2. The number of sulfonamides is 1.